The summed E-state index contributed by atoms with van der Waals surface area (Å²) in [6.45, 7) is 1.92. The van der Waals surface area contributed by atoms with Crippen molar-refractivity contribution in [2.75, 3.05) is 5.32 Å². The SMILES string of the molecule is Cc1ccc(F)cc1NC(=O)c1ccc2c(c1)C(=O)N(Cc1ccccc1)C2=O. The number of carbonyl (C=O) groups excluding carboxylic acids is 3. The lowest BCUT2D eigenvalue weighted by molar-refractivity contribution is 0.0642. The van der Waals surface area contributed by atoms with Crippen LogP contribution >= 0.6 is 0 Å². The summed E-state index contributed by atoms with van der Waals surface area (Å²) in [7, 11) is 0. The summed E-state index contributed by atoms with van der Waals surface area (Å²) in [6.07, 6.45) is 0. The highest BCUT2D eigenvalue weighted by molar-refractivity contribution is 6.22. The average molecular weight is 388 g/mol. The number of anilines is 1. The number of benzene rings is 3. The molecule has 0 saturated carbocycles. The number of halogens is 1. The first-order valence-corrected chi connectivity index (χ1v) is 9.06. The second-order valence-corrected chi connectivity index (χ2v) is 6.86. The number of nitrogens with one attached hydrogen (secondary N) is 1. The van der Waals surface area contributed by atoms with Crippen LogP contribution in [0.25, 0.3) is 0 Å². The van der Waals surface area contributed by atoms with E-state index in [2.05, 4.69) is 5.32 Å². The van der Waals surface area contributed by atoms with E-state index in [4.69, 9.17) is 0 Å². The monoisotopic (exact) mass is 388 g/mol. The van der Waals surface area contributed by atoms with Gasteiger partial charge in [-0.3, -0.25) is 19.3 Å². The van der Waals surface area contributed by atoms with E-state index < -0.39 is 17.6 Å². The summed E-state index contributed by atoms with van der Waals surface area (Å²) >= 11 is 0. The first kappa shape index (κ1) is 18.6. The molecule has 0 saturated heterocycles. The fourth-order valence-corrected chi connectivity index (χ4v) is 3.26. The van der Waals surface area contributed by atoms with E-state index in [0.29, 0.717) is 11.3 Å². The Labute approximate surface area is 166 Å². The number of aryl methyl sites for hydroxylation is 1. The number of hydrogen-bond donors (Lipinski definition) is 1. The lowest BCUT2D eigenvalue weighted by atomic mass is 10.0. The third-order valence-electron chi connectivity index (χ3n) is 4.86. The molecule has 3 aromatic carbocycles. The molecule has 0 atom stereocenters. The fraction of sp³-hybridized carbons (Fsp3) is 0.0870. The topological polar surface area (TPSA) is 66.5 Å². The molecule has 1 N–H and O–H groups in total. The van der Waals surface area contributed by atoms with Gasteiger partial charge < -0.3 is 5.32 Å². The third-order valence-corrected chi connectivity index (χ3v) is 4.86. The average Bonchev–Trinajstić information content (AvgIpc) is 2.96. The van der Waals surface area contributed by atoms with Gasteiger partial charge >= 0.3 is 0 Å². The van der Waals surface area contributed by atoms with Crippen LogP contribution in [0.15, 0.2) is 66.7 Å². The first-order valence-electron chi connectivity index (χ1n) is 9.06. The number of imide groups is 1. The molecule has 3 amide bonds. The molecule has 5 nitrogen and oxygen atoms in total. The fourth-order valence-electron chi connectivity index (χ4n) is 3.26. The normalized spacial score (nSPS) is 12.8. The van der Waals surface area contributed by atoms with E-state index in [1.54, 1.807) is 13.0 Å². The van der Waals surface area contributed by atoms with Gasteiger partial charge in [-0.05, 0) is 48.4 Å². The van der Waals surface area contributed by atoms with Crippen LogP contribution in [0.4, 0.5) is 10.1 Å². The zero-order chi connectivity index (χ0) is 20.5. The number of carbonyl (C=O) groups is 3. The van der Waals surface area contributed by atoms with Crippen molar-refractivity contribution in [1.29, 1.82) is 0 Å². The van der Waals surface area contributed by atoms with Gasteiger partial charge in [0.05, 0.1) is 17.7 Å². The molecule has 0 spiro atoms. The third kappa shape index (κ3) is 3.52. The smallest absolute Gasteiger partial charge is 0.261 e. The maximum Gasteiger partial charge on any atom is 0.261 e. The lowest BCUT2D eigenvalue weighted by Gasteiger charge is -2.13. The van der Waals surface area contributed by atoms with E-state index in [1.165, 1.54) is 35.2 Å². The molecule has 0 radical (unpaired) electrons. The Morgan fingerprint density at radius 3 is 2.41 bits per heavy atom. The highest BCUT2D eigenvalue weighted by Crippen LogP contribution is 2.26. The molecule has 0 bridgehead atoms. The summed E-state index contributed by atoms with van der Waals surface area (Å²) in [6, 6.07) is 17.7. The molecule has 29 heavy (non-hydrogen) atoms. The molecule has 144 valence electrons. The highest BCUT2D eigenvalue weighted by atomic mass is 19.1. The van der Waals surface area contributed by atoms with Gasteiger partial charge in [-0.1, -0.05) is 36.4 Å². The summed E-state index contributed by atoms with van der Waals surface area (Å²) in [5, 5.41) is 2.65. The van der Waals surface area contributed by atoms with Crippen LogP contribution in [0.1, 0.15) is 42.2 Å². The molecule has 1 aliphatic rings. The molecule has 4 rings (SSSR count). The van der Waals surface area contributed by atoms with E-state index >= 15 is 0 Å². The number of fused-ring (bicyclic) bond motifs is 1. The quantitative estimate of drug-likeness (QED) is 0.682. The zero-order valence-corrected chi connectivity index (χ0v) is 15.6. The summed E-state index contributed by atoms with van der Waals surface area (Å²) in [4.78, 5) is 39.2. The van der Waals surface area contributed by atoms with E-state index in [1.807, 2.05) is 30.3 Å². The predicted octanol–water partition coefficient (Wildman–Crippen LogP) is 4.18. The van der Waals surface area contributed by atoms with Crippen molar-refractivity contribution in [3.05, 3.63) is 100 Å². The molecule has 0 aromatic heterocycles. The van der Waals surface area contributed by atoms with E-state index in [-0.39, 0.29) is 29.1 Å². The Hall–Kier alpha value is -3.80. The van der Waals surface area contributed by atoms with Crippen molar-refractivity contribution in [2.24, 2.45) is 0 Å². The Morgan fingerprint density at radius 2 is 1.66 bits per heavy atom. The van der Waals surface area contributed by atoms with Crippen LogP contribution in [-0.2, 0) is 6.54 Å². The number of rotatable bonds is 4. The standard InChI is InChI=1S/C23H17FN2O3/c1-14-7-9-17(24)12-20(14)25-21(27)16-8-10-18-19(11-16)23(29)26(22(18)28)13-15-5-3-2-4-6-15/h2-12H,13H2,1H3,(H,25,27). The van der Waals surface area contributed by atoms with Crippen molar-refractivity contribution >= 4 is 23.4 Å². The van der Waals surface area contributed by atoms with Crippen LogP contribution in [0, 0.1) is 12.7 Å². The van der Waals surface area contributed by atoms with Gasteiger partial charge in [0.25, 0.3) is 17.7 Å². The number of nitrogens with zero attached hydrogens (tertiary/aromatic N) is 1. The van der Waals surface area contributed by atoms with Gasteiger partial charge in [-0.2, -0.15) is 0 Å². The maximum atomic E-state index is 13.5. The minimum absolute atomic E-state index is 0.164. The van der Waals surface area contributed by atoms with Gasteiger partial charge in [0.1, 0.15) is 5.82 Å². The van der Waals surface area contributed by atoms with Crippen molar-refractivity contribution in [3.8, 4) is 0 Å². The minimum Gasteiger partial charge on any atom is -0.322 e. The predicted molar refractivity (Wildman–Crippen MR) is 106 cm³/mol. The number of hydrogen-bond acceptors (Lipinski definition) is 3. The van der Waals surface area contributed by atoms with Crippen molar-refractivity contribution in [3.63, 3.8) is 0 Å². The minimum atomic E-state index is -0.483. The molecule has 0 unspecified atom stereocenters. The molecular formula is C23H17FN2O3. The van der Waals surface area contributed by atoms with Gasteiger partial charge in [-0.25, -0.2) is 4.39 Å². The summed E-state index contributed by atoms with van der Waals surface area (Å²) < 4.78 is 13.5. The van der Waals surface area contributed by atoms with Crippen LogP contribution in [0.5, 0.6) is 0 Å². The van der Waals surface area contributed by atoms with Crippen LogP contribution in [-0.4, -0.2) is 22.6 Å². The Kier molecular flexibility index (Phi) is 4.68. The second kappa shape index (κ2) is 7.31. The zero-order valence-electron chi connectivity index (χ0n) is 15.6. The molecule has 1 heterocycles. The maximum absolute atomic E-state index is 13.5. The van der Waals surface area contributed by atoms with Gasteiger partial charge in [-0.15, -0.1) is 0 Å². The molecule has 1 aliphatic heterocycles. The Bertz CT molecular complexity index is 1140. The van der Waals surface area contributed by atoms with Gasteiger partial charge in [0, 0.05) is 11.3 Å². The van der Waals surface area contributed by atoms with E-state index in [0.717, 1.165) is 5.56 Å². The van der Waals surface area contributed by atoms with Crippen LogP contribution in [0.2, 0.25) is 0 Å². The van der Waals surface area contributed by atoms with Crippen molar-refractivity contribution < 1.29 is 18.8 Å². The second-order valence-electron chi connectivity index (χ2n) is 6.86. The Morgan fingerprint density at radius 1 is 0.931 bits per heavy atom. The van der Waals surface area contributed by atoms with E-state index in [9.17, 15) is 18.8 Å². The van der Waals surface area contributed by atoms with Crippen molar-refractivity contribution in [1.82, 2.24) is 4.90 Å². The largest absolute Gasteiger partial charge is 0.322 e. The molecule has 0 aliphatic carbocycles. The van der Waals surface area contributed by atoms with Crippen LogP contribution < -0.4 is 5.32 Å². The molecule has 6 heteroatoms. The first-order chi connectivity index (χ1) is 13.9. The lowest BCUT2D eigenvalue weighted by Crippen LogP contribution is -2.29. The molecular weight excluding hydrogens is 371 g/mol. The molecule has 0 fully saturated rings. The Balaban J connectivity index is 1.58. The summed E-state index contributed by atoms with van der Waals surface area (Å²) in [5.41, 5.74) is 2.57. The number of amides is 3. The van der Waals surface area contributed by atoms with Gasteiger partial charge in [0.15, 0.2) is 0 Å². The van der Waals surface area contributed by atoms with Crippen molar-refractivity contribution in [2.45, 2.75) is 13.5 Å². The van der Waals surface area contributed by atoms with Crippen LogP contribution in [0.3, 0.4) is 0 Å². The summed E-state index contributed by atoms with van der Waals surface area (Å²) in [5.74, 6) is -1.77. The highest BCUT2D eigenvalue weighted by Gasteiger charge is 2.36. The van der Waals surface area contributed by atoms with Gasteiger partial charge in [0.2, 0.25) is 0 Å². The molecule has 3 aromatic rings.